The summed E-state index contributed by atoms with van der Waals surface area (Å²) in [6.45, 7) is 12.0. The van der Waals surface area contributed by atoms with Gasteiger partial charge in [0.15, 0.2) is 0 Å². The van der Waals surface area contributed by atoms with Crippen LogP contribution in [0.3, 0.4) is 0 Å². The number of methoxy groups -OCH3 is 1. The molecule has 0 fully saturated rings. The van der Waals surface area contributed by atoms with Gasteiger partial charge in [0.25, 0.3) is 0 Å². The summed E-state index contributed by atoms with van der Waals surface area (Å²) in [4.78, 5) is 0. The molecule has 2 aromatic heterocycles. The Morgan fingerprint density at radius 3 is 2.32 bits per heavy atom. The van der Waals surface area contributed by atoms with Crippen LogP contribution in [0.2, 0.25) is 0 Å². The van der Waals surface area contributed by atoms with Gasteiger partial charge in [0.05, 0.1) is 24.2 Å². The first-order chi connectivity index (χ1) is 10.3. The smallest absolute Gasteiger partial charge is 0.117 e. The molecule has 0 amide bonds. The van der Waals surface area contributed by atoms with Crippen molar-refractivity contribution in [2.24, 2.45) is 0 Å². The van der Waals surface area contributed by atoms with E-state index in [1.807, 2.05) is 30.3 Å². The van der Waals surface area contributed by atoms with Gasteiger partial charge in [0, 0.05) is 0 Å². The van der Waals surface area contributed by atoms with Crippen molar-refractivity contribution >= 4 is 0 Å². The van der Waals surface area contributed by atoms with Gasteiger partial charge in [-0.3, -0.25) is 0 Å². The van der Waals surface area contributed by atoms with Crippen LogP contribution in [0.15, 0.2) is 63.9 Å². The highest BCUT2D eigenvalue weighted by atomic mass is 16.5. The molecule has 0 atom stereocenters. The van der Waals surface area contributed by atoms with Gasteiger partial charge in [-0.05, 0) is 58.0 Å². The molecule has 3 heteroatoms. The quantitative estimate of drug-likeness (QED) is 0.544. The zero-order valence-corrected chi connectivity index (χ0v) is 14.0. The van der Waals surface area contributed by atoms with Crippen LogP contribution >= 0.6 is 0 Å². The van der Waals surface area contributed by atoms with Crippen LogP contribution < -0.4 is 0 Å². The highest BCUT2D eigenvalue weighted by Gasteiger charge is 2.34. The van der Waals surface area contributed by atoms with E-state index < -0.39 is 0 Å². The predicted octanol–water partition coefficient (Wildman–Crippen LogP) is 5.19. The SMILES string of the molecule is C=C/C=C(\OC)C(C)(C)c1ccc(C(C)(C)c2ccco2)o1. The van der Waals surface area contributed by atoms with E-state index in [0.29, 0.717) is 0 Å². The van der Waals surface area contributed by atoms with Crippen molar-refractivity contribution < 1.29 is 13.6 Å². The highest BCUT2D eigenvalue weighted by Crippen LogP contribution is 2.38. The summed E-state index contributed by atoms with van der Waals surface area (Å²) in [5.41, 5.74) is -0.701. The molecule has 0 spiro atoms. The van der Waals surface area contributed by atoms with E-state index >= 15 is 0 Å². The number of ether oxygens (including phenoxy) is 1. The molecular weight excluding hydrogens is 276 g/mol. The molecule has 22 heavy (non-hydrogen) atoms. The Labute approximate surface area is 132 Å². The number of hydrogen-bond acceptors (Lipinski definition) is 3. The lowest BCUT2D eigenvalue weighted by Gasteiger charge is -2.25. The molecule has 2 rings (SSSR count). The molecule has 118 valence electrons. The maximum absolute atomic E-state index is 6.15. The van der Waals surface area contributed by atoms with Crippen molar-refractivity contribution in [2.75, 3.05) is 7.11 Å². The minimum atomic E-state index is -0.375. The van der Waals surface area contributed by atoms with E-state index in [1.54, 1.807) is 19.4 Å². The summed E-state index contributed by atoms with van der Waals surface area (Å²) < 4.78 is 17.2. The van der Waals surface area contributed by atoms with Crippen LogP contribution in [-0.2, 0) is 15.6 Å². The van der Waals surface area contributed by atoms with Crippen molar-refractivity contribution in [2.45, 2.75) is 38.5 Å². The third-order valence-corrected chi connectivity index (χ3v) is 4.08. The van der Waals surface area contributed by atoms with Gasteiger partial charge < -0.3 is 13.6 Å². The third-order valence-electron chi connectivity index (χ3n) is 4.08. The second-order valence-corrected chi connectivity index (χ2v) is 6.36. The van der Waals surface area contributed by atoms with E-state index in [0.717, 1.165) is 23.0 Å². The van der Waals surface area contributed by atoms with Crippen LogP contribution in [0.25, 0.3) is 0 Å². The van der Waals surface area contributed by atoms with Crippen molar-refractivity contribution in [1.82, 2.24) is 0 Å². The van der Waals surface area contributed by atoms with Gasteiger partial charge in [-0.25, -0.2) is 0 Å². The fourth-order valence-corrected chi connectivity index (χ4v) is 2.53. The van der Waals surface area contributed by atoms with Crippen LogP contribution in [0.4, 0.5) is 0 Å². The van der Waals surface area contributed by atoms with Gasteiger partial charge in [-0.2, -0.15) is 0 Å². The number of furan rings is 2. The molecule has 0 radical (unpaired) electrons. The standard InChI is InChI=1S/C19H24O3/c1-7-9-14(20-6)18(2,3)16-11-12-17(22-16)19(4,5)15-10-8-13-21-15/h7-13H,1H2,2-6H3/b14-9-. The molecule has 2 heterocycles. The molecule has 0 saturated carbocycles. The van der Waals surface area contributed by atoms with Crippen LogP contribution in [0, 0.1) is 0 Å². The Morgan fingerprint density at radius 2 is 1.77 bits per heavy atom. The Bertz CT molecular complexity index is 655. The molecule has 3 nitrogen and oxygen atoms in total. The average molecular weight is 300 g/mol. The first-order valence-corrected chi connectivity index (χ1v) is 7.36. The number of allylic oxidation sites excluding steroid dienone is 3. The van der Waals surface area contributed by atoms with E-state index in [4.69, 9.17) is 13.6 Å². The first kappa shape index (κ1) is 16.2. The molecule has 0 unspecified atom stereocenters. The maximum atomic E-state index is 6.15. The summed E-state index contributed by atoms with van der Waals surface area (Å²) in [7, 11) is 1.66. The van der Waals surface area contributed by atoms with Gasteiger partial charge in [-0.15, -0.1) is 0 Å². The maximum Gasteiger partial charge on any atom is 0.117 e. The summed E-state index contributed by atoms with van der Waals surface area (Å²) in [6, 6.07) is 7.85. The fourth-order valence-electron chi connectivity index (χ4n) is 2.53. The second-order valence-electron chi connectivity index (χ2n) is 6.36. The number of hydrogen-bond donors (Lipinski definition) is 0. The summed E-state index contributed by atoms with van der Waals surface area (Å²) in [5, 5.41) is 0. The Morgan fingerprint density at radius 1 is 1.09 bits per heavy atom. The average Bonchev–Trinajstić information content (AvgIpc) is 3.14. The van der Waals surface area contributed by atoms with Gasteiger partial charge in [0.2, 0.25) is 0 Å². The first-order valence-electron chi connectivity index (χ1n) is 7.36. The monoisotopic (exact) mass is 300 g/mol. The molecule has 0 saturated heterocycles. The summed E-state index contributed by atoms with van der Waals surface area (Å²) >= 11 is 0. The summed E-state index contributed by atoms with van der Waals surface area (Å²) in [5.74, 6) is 3.38. The Balaban J connectivity index is 2.39. The van der Waals surface area contributed by atoms with Crippen molar-refractivity contribution in [3.63, 3.8) is 0 Å². The van der Waals surface area contributed by atoms with Gasteiger partial charge in [-0.1, -0.05) is 12.7 Å². The molecule has 0 aromatic carbocycles. The van der Waals surface area contributed by atoms with Crippen molar-refractivity contribution in [3.8, 4) is 0 Å². The normalized spacial score (nSPS) is 13.2. The minimum absolute atomic E-state index is 0.326. The molecule has 0 N–H and O–H groups in total. The zero-order chi connectivity index (χ0) is 16.4. The lowest BCUT2D eigenvalue weighted by Crippen LogP contribution is -2.21. The largest absolute Gasteiger partial charge is 0.500 e. The van der Waals surface area contributed by atoms with Crippen molar-refractivity contribution in [1.29, 1.82) is 0 Å². The predicted molar refractivity (Wildman–Crippen MR) is 87.9 cm³/mol. The highest BCUT2D eigenvalue weighted by molar-refractivity contribution is 5.32. The van der Waals surface area contributed by atoms with Crippen LogP contribution in [0.5, 0.6) is 0 Å². The molecule has 2 aromatic rings. The fraction of sp³-hybridized carbons (Fsp3) is 0.368. The van der Waals surface area contributed by atoms with Crippen molar-refractivity contribution in [3.05, 3.63) is 72.3 Å². The van der Waals surface area contributed by atoms with E-state index in [1.165, 1.54) is 0 Å². The van der Waals surface area contributed by atoms with E-state index in [9.17, 15) is 0 Å². The molecular formula is C19H24O3. The van der Waals surface area contributed by atoms with Gasteiger partial charge in [0.1, 0.15) is 23.0 Å². The summed E-state index contributed by atoms with van der Waals surface area (Å²) in [6.07, 6.45) is 5.26. The second kappa shape index (κ2) is 5.91. The molecule has 0 aliphatic rings. The molecule has 0 bridgehead atoms. The van der Waals surface area contributed by atoms with E-state index in [2.05, 4.69) is 34.3 Å². The lowest BCUT2D eigenvalue weighted by atomic mass is 9.87. The van der Waals surface area contributed by atoms with Crippen LogP contribution in [-0.4, -0.2) is 7.11 Å². The van der Waals surface area contributed by atoms with Gasteiger partial charge >= 0.3 is 0 Å². The topological polar surface area (TPSA) is 35.5 Å². The molecule has 0 aliphatic carbocycles. The molecule has 0 aliphatic heterocycles. The lowest BCUT2D eigenvalue weighted by molar-refractivity contribution is 0.215. The Hall–Kier alpha value is -2.16. The van der Waals surface area contributed by atoms with E-state index in [-0.39, 0.29) is 10.8 Å². The van der Waals surface area contributed by atoms with Crippen LogP contribution in [0.1, 0.15) is 45.0 Å². The Kier molecular flexibility index (Phi) is 4.36. The third kappa shape index (κ3) is 2.76. The zero-order valence-electron chi connectivity index (χ0n) is 14.0. The number of rotatable bonds is 6. The minimum Gasteiger partial charge on any atom is -0.500 e.